The average Bonchev–Trinajstić information content (AvgIpc) is 2.25. The number of ether oxygens (including phenoxy) is 2. The molecule has 1 aromatic rings. The smallest absolute Gasteiger partial charge is 0.465 e. The Morgan fingerprint density at radius 3 is 2.37 bits per heavy atom. The summed E-state index contributed by atoms with van der Waals surface area (Å²) in [6.07, 6.45) is -8.73. The molecule has 1 aromatic heterocycles. The van der Waals surface area contributed by atoms with Crippen molar-refractivity contribution in [2.45, 2.75) is 12.8 Å². The van der Waals surface area contributed by atoms with Gasteiger partial charge in [0, 0.05) is 6.20 Å². The van der Waals surface area contributed by atoms with Crippen molar-refractivity contribution in [1.29, 1.82) is 0 Å². The van der Waals surface area contributed by atoms with E-state index in [1.165, 1.54) is 0 Å². The van der Waals surface area contributed by atoms with Crippen molar-refractivity contribution in [3.63, 3.8) is 0 Å². The molecular formula is C9H5F6NO3. The van der Waals surface area contributed by atoms with Crippen LogP contribution in [0.5, 0.6) is 5.75 Å². The summed E-state index contributed by atoms with van der Waals surface area (Å²) in [7, 11) is 0.797. The summed E-state index contributed by atoms with van der Waals surface area (Å²) in [4.78, 5) is 13.9. The van der Waals surface area contributed by atoms with Gasteiger partial charge in [0.25, 0.3) is 6.43 Å². The van der Waals surface area contributed by atoms with E-state index in [-0.39, 0.29) is 0 Å². The van der Waals surface area contributed by atoms with Crippen molar-refractivity contribution in [2.24, 2.45) is 0 Å². The molecule has 0 fully saturated rings. The van der Waals surface area contributed by atoms with E-state index in [4.69, 9.17) is 0 Å². The average molecular weight is 289 g/mol. The molecule has 0 saturated heterocycles. The zero-order valence-corrected chi connectivity index (χ0v) is 9.09. The molecule has 10 heteroatoms. The number of nitrogens with zero attached hydrogens (tertiary/aromatic N) is 1. The number of pyridine rings is 1. The lowest BCUT2D eigenvalue weighted by Crippen LogP contribution is -2.21. The fourth-order valence-electron chi connectivity index (χ4n) is 1.16. The van der Waals surface area contributed by atoms with Gasteiger partial charge in [0.05, 0.1) is 7.11 Å². The minimum atomic E-state index is -5.39. The zero-order chi connectivity index (χ0) is 14.8. The van der Waals surface area contributed by atoms with Crippen LogP contribution < -0.4 is 4.74 Å². The lowest BCUT2D eigenvalue weighted by Gasteiger charge is -2.15. The van der Waals surface area contributed by atoms with Crippen LogP contribution in [-0.2, 0) is 4.74 Å². The highest BCUT2D eigenvalue weighted by atomic mass is 19.4. The molecule has 0 unspecified atom stereocenters. The van der Waals surface area contributed by atoms with Gasteiger partial charge in [0.15, 0.2) is 5.75 Å². The van der Waals surface area contributed by atoms with Crippen molar-refractivity contribution in [3.05, 3.63) is 23.3 Å². The number of carbonyl (C=O) groups excluding carboxylic acids is 1. The van der Waals surface area contributed by atoms with E-state index < -0.39 is 41.6 Å². The number of rotatable bonds is 3. The molecule has 0 saturated carbocycles. The third kappa shape index (κ3) is 3.48. The second-order valence-corrected chi connectivity index (χ2v) is 3.05. The molecular weight excluding hydrogens is 284 g/mol. The Morgan fingerprint density at radius 2 is 1.95 bits per heavy atom. The maximum atomic E-state index is 13.0. The third-order valence-corrected chi connectivity index (χ3v) is 1.86. The quantitative estimate of drug-likeness (QED) is 0.488. The van der Waals surface area contributed by atoms with Gasteiger partial charge < -0.3 is 9.47 Å². The normalized spacial score (nSPS) is 11.6. The first-order chi connectivity index (χ1) is 8.67. The van der Waals surface area contributed by atoms with Crippen LogP contribution >= 0.6 is 0 Å². The molecule has 0 aliphatic heterocycles. The number of methoxy groups -OCH3 is 1. The maximum absolute atomic E-state index is 13.0. The number of carbonyl (C=O) groups is 1. The van der Waals surface area contributed by atoms with Gasteiger partial charge in [0.2, 0.25) is 5.95 Å². The van der Waals surface area contributed by atoms with Gasteiger partial charge in [-0.05, 0) is 0 Å². The van der Waals surface area contributed by atoms with Crippen LogP contribution in [-0.4, -0.2) is 24.4 Å². The minimum Gasteiger partial charge on any atom is -0.465 e. The molecule has 106 valence electrons. The summed E-state index contributed by atoms with van der Waals surface area (Å²) in [5.74, 6) is -4.96. The Kier molecular flexibility index (Phi) is 4.22. The van der Waals surface area contributed by atoms with Gasteiger partial charge in [-0.3, -0.25) is 0 Å². The summed E-state index contributed by atoms with van der Waals surface area (Å²) < 4.78 is 81.7. The Balaban J connectivity index is 3.49. The standard InChI is InChI=1S/C9H5F6NO3/c1-18-8(17)3-2-16-7(12)4(6(10)11)5(3)19-9(13,14)15/h2,6H,1H3. The van der Waals surface area contributed by atoms with Crippen molar-refractivity contribution in [2.75, 3.05) is 7.11 Å². The summed E-state index contributed by atoms with van der Waals surface area (Å²) >= 11 is 0. The van der Waals surface area contributed by atoms with Crippen molar-refractivity contribution in [3.8, 4) is 5.75 Å². The van der Waals surface area contributed by atoms with E-state index in [2.05, 4.69) is 14.5 Å². The summed E-state index contributed by atoms with van der Waals surface area (Å²) in [6.45, 7) is 0. The molecule has 0 atom stereocenters. The predicted molar refractivity (Wildman–Crippen MR) is 47.2 cm³/mol. The molecule has 19 heavy (non-hydrogen) atoms. The fraction of sp³-hybridized carbons (Fsp3) is 0.333. The van der Waals surface area contributed by atoms with Crippen LogP contribution in [0, 0.1) is 5.95 Å². The van der Waals surface area contributed by atoms with Gasteiger partial charge in [-0.2, -0.15) is 4.39 Å². The number of aromatic nitrogens is 1. The molecule has 0 amide bonds. The van der Waals surface area contributed by atoms with Crippen molar-refractivity contribution < 1.29 is 40.6 Å². The highest BCUT2D eigenvalue weighted by Crippen LogP contribution is 2.37. The van der Waals surface area contributed by atoms with E-state index in [1.54, 1.807) is 0 Å². The van der Waals surface area contributed by atoms with Crippen molar-refractivity contribution in [1.82, 2.24) is 4.98 Å². The lowest BCUT2D eigenvalue weighted by molar-refractivity contribution is -0.275. The Hall–Kier alpha value is -2.00. The number of hydrogen-bond donors (Lipinski definition) is 0. The van der Waals surface area contributed by atoms with Crippen LogP contribution in [0.3, 0.4) is 0 Å². The molecule has 0 N–H and O–H groups in total. The maximum Gasteiger partial charge on any atom is 0.573 e. The first kappa shape index (κ1) is 15.1. The molecule has 0 aliphatic carbocycles. The molecule has 0 spiro atoms. The van der Waals surface area contributed by atoms with E-state index in [0.29, 0.717) is 6.20 Å². The first-order valence-electron chi connectivity index (χ1n) is 4.48. The minimum absolute atomic E-state index is 0.314. The first-order valence-corrected chi connectivity index (χ1v) is 4.48. The topological polar surface area (TPSA) is 48.4 Å². The Labute approximate surface area is 101 Å². The van der Waals surface area contributed by atoms with Crippen LogP contribution in [0.25, 0.3) is 0 Å². The fourth-order valence-corrected chi connectivity index (χ4v) is 1.16. The van der Waals surface area contributed by atoms with Crippen LogP contribution in [0.2, 0.25) is 0 Å². The monoisotopic (exact) mass is 289 g/mol. The van der Waals surface area contributed by atoms with E-state index in [0.717, 1.165) is 7.11 Å². The highest BCUT2D eigenvalue weighted by molar-refractivity contribution is 5.92. The Morgan fingerprint density at radius 1 is 1.37 bits per heavy atom. The van der Waals surface area contributed by atoms with Gasteiger partial charge in [-0.15, -0.1) is 13.2 Å². The largest absolute Gasteiger partial charge is 0.573 e. The van der Waals surface area contributed by atoms with Crippen LogP contribution in [0.15, 0.2) is 6.20 Å². The SMILES string of the molecule is COC(=O)c1cnc(F)c(C(F)F)c1OC(F)(F)F. The van der Waals surface area contributed by atoms with E-state index >= 15 is 0 Å². The zero-order valence-electron chi connectivity index (χ0n) is 9.09. The second-order valence-electron chi connectivity index (χ2n) is 3.05. The number of hydrogen-bond acceptors (Lipinski definition) is 4. The molecule has 1 heterocycles. The highest BCUT2D eigenvalue weighted by Gasteiger charge is 2.37. The second kappa shape index (κ2) is 5.33. The number of alkyl halides is 5. The molecule has 0 radical (unpaired) electrons. The van der Waals surface area contributed by atoms with Gasteiger partial charge >= 0.3 is 12.3 Å². The summed E-state index contributed by atoms with van der Waals surface area (Å²) in [6, 6.07) is 0. The molecule has 0 bridgehead atoms. The van der Waals surface area contributed by atoms with Gasteiger partial charge in [-0.1, -0.05) is 0 Å². The summed E-state index contributed by atoms with van der Waals surface area (Å²) in [5.41, 5.74) is -2.82. The Bertz CT molecular complexity index is 488. The molecule has 0 aromatic carbocycles. The lowest BCUT2D eigenvalue weighted by atomic mass is 10.1. The van der Waals surface area contributed by atoms with Crippen LogP contribution in [0.4, 0.5) is 26.3 Å². The van der Waals surface area contributed by atoms with Crippen molar-refractivity contribution >= 4 is 5.97 Å². The molecule has 1 rings (SSSR count). The number of halogens is 6. The molecule has 4 nitrogen and oxygen atoms in total. The van der Waals surface area contributed by atoms with E-state index in [9.17, 15) is 31.1 Å². The van der Waals surface area contributed by atoms with E-state index in [1.807, 2.05) is 0 Å². The van der Waals surface area contributed by atoms with Gasteiger partial charge in [-0.25, -0.2) is 18.6 Å². The number of esters is 1. The van der Waals surface area contributed by atoms with Crippen LogP contribution in [0.1, 0.15) is 22.3 Å². The summed E-state index contributed by atoms with van der Waals surface area (Å²) in [5, 5.41) is 0. The molecule has 0 aliphatic rings. The van der Waals surface area contributed by atoms with Gasteiger partial charge in [0.1, 0.15) is 11.1 Å². The third-order valence-electron chi connectivity index (χ3n) is 1.86. The predicted octanol–water partition coefficient (Wildman–Crippen LogP) is 2.84.